The average molecular weight is 506 g/mol. The molecule has 0 saturated carbocycles. The summed E-state index contributed by atoms with van der Waals surface area (Å²) in [6, 6.07) is 10.4. The van der Waals surface area contributed by atoms with Crippen molar-refractivity contribution in [3.05, 3.63) is 91.9 Å². The summed E-state index contributed by atoms with van der Waals surface area (Å²) in [5.41, 5.74) is -2.31. The fraction of sp³-hybridized carbons (Fsp3) is 0.0500. The van der Waals surface area contributed by atoms with E-state index in [1.807, 2.05) is 0 Å². The van der Waals surface area contributed by atoms with Crippen LogP contribution in [0, 0.1) is 0 Å². The normalized spacial score (nSPS) is 11.5. The van der Waals surface area contributed by atoms with Crippen molar-refractivity contribution in [2.24, 2.45) is 0 Å². The Labute approximate surface area is 196 Å². The van der Waals surface area contributed by atoms with Gasteiger partial charge in [-0.15, -0.1) is 3.97 Å². The number of rotatable bonds is 5. The van der Waals surface area contributed by atoms with E-state index in [1.165, 1.54) is 61.1 Å². The number of nitrogens with one attached hydrogen (secondary N) is 1. The van der Waals surface area contributed by atoms with Crippen molar-refractivity contribution in [2.45, 2.75) is 11.4 Å². The van der Waals surface area contributed by atoms with Gasteiger partial charge in [0.15, 0.2) is 0 Å². The molecule has 0 unspecified atom stereocenters. The molecule has 0 bridgehead atoms. The van der Waals surface area contributed by atoms with Gasteiger partial charge in [-0.2, -0.15) is 0 Å². The van der Waals surface area contributed by atoms with Crippen molar-refractivity contribution in [3.8, 4) is 0 Å². The zero-order valence-corrected chi connectivity index (χ0v) is 18.8. The lowest BCUT2D eigenvalue weighted by atomic mass is 10.2. The second-order valence-electron chi connectivity index (χ2n) is 6.70. The fourth-order valence-electron chi connectivity index (χ4n) is 3.09. The van der Waals surface area contributed by atoms with Gasteiger partial charge >= 0.3 is 5.69 Å². The first-order chi connectivity index (χ1) is 15.7. The van der Waals surface area contributed by atoms with Gasteiger partial charge in [-0.05, 0) is 48.5 Å². The highest BCUT2D eigenvalue weighted by atomic mass is 35.5. The molecule has 0 saturated heterocycles. The molecule has 10 nitrogen and oxygen atoms in total. The molecule has 2 aromatic carbocycles. The maximum atomic E-state index is 13.3. The summed E-state index contributed by atoms with van der Waals surface area (Å²) in [5.74, 6) is -0.515. The predicted octanol–water partition coefficient (Wildman–Crippen LogP) is 2.14. The number of carbonyl (C=O) groups is 1. The summed E-state index contributed by atoms with van der Waals surface area (Å²) in [4.78, 5) is 46.2. The summed E-state index contributed by atoms with van der Waals surface area (Å²) in [6.45, 7) is -0.615. The summed E-state index contributed by atoms with van der Waals surface area (Å²) in [7, 11) is -4.61. The molecule has 0 fully saturated rings. The molecule has 4 rings (SSSR count). The molecular formula is C20H13Cl2N5O5S. The van der Waals surface area contributed by atoms with Crippen LogP contribution in [0.15, 0.2) is 75.5 Å². The summed E-state index contributed by atoms with van der Waals surface area (Å²) in [5, 5.41) is 2.81. The van der Waals surface area contributed by atoms with E-state index in [1.54, 1.807) is 0 Å². The highest BCUT2D eigenvalue weighted by Gasteiger charge is 2.26. The number of hydrogen-bond acceptors (Lipinski definition) is 7. The first-order valence-electron chi connectivity index (χ1n) is 9.20. The van der Waals surface area contributed by atoms with Crippen LogP contribution in [-0.2, 0) is 21.4 Å². The Morgan fingerprint density at radius 3 is 2.36 bits per heavy atom. The first kappa shape index (κ1) is 22.6. The molecule has 13 heteroatoms. The summed E-state index contributed by atoms with van der Waals surface area (Å²) in [6.07, 6.45) is 2.62. The number of benzene rings is 2. The molecule has 168 valence electrons. The number of carbonyl (C=O) groups excluding carboxylic acids is 1. The van der Waals surface area contributed by atoms with E-state index in [0.717, 1.165) is 4.57 Å². The maximum Gasteiger partial charge on any atom is 0.346 e. The van der Waals surface area contributed by atoms with Crippen LogP contribution in [0.25, 0.3) is 10.9 Å². The van der Waals surface area contributed by atoms with Gasteiger partial charge in [0, 0.05) is 16.2 Å². The van der Waals surface area contributed by atoms with E-state index >= 15 is 0 Å². The van der Waals surface area contributed by atoms with Crippen LogP contribution in [0.5, 0.6) is 0 Å². The van der Waals surface area contributed by atoms with E-state index in [2.05, 4.69) is 15.3 Å². The van der Waals surface area contributed by atoms with Crippen LogP contribution in [-0.4, -0.2) is 32.8 Å². The Balaban J connectivity index is 1.92. The van der Waals surface area contributed by atoms with Gasteiger partial charge in [0.25, 0.3) is 15.6 Å². The van der Waals surface area contributed by atoms with Gasteiger partial charge in [-0.1, -0.05) is 23.2 Å². The summed E-state index contributed by atoms with van der Waals surface area (Å²) < 4.78 is 27.3. The molecule has 2 heterocycles. The third-order valence-corrected chi connectivity index (χ3v) is 6.73. The summed E-state index contributed by atoms with van der Waals surface area (Å²) >= 11 is 11.8. The van der Waals surface area contributed by atoms with Crippen LogP contribution < -0.4 is 16.6 Å². The third kappa shape index (κ3) is 4.38. The lowest BCUT2D eigenvalue weighted by Crippen LogP contribution is -2.45. The van der Waals surface area contributed by atoms with Gasteiger partial charge in [-0.3, -0.25) is 14.2 Å². The zero-order chi connectivity index (χ0) is 23.8. The maximum absolute atomic E-state index is 13.3. The highest BCUT2D eigenvalue weighted by Crippen LogP contribution is 2.19. The van der Waals surface area contributed by atoms with E-state index in [4.69, 9.17) is 23.2 Å². The molecule has 0 aliphatic rings. The van der Waals surface area contributed by atoms with E-state index in [0.29, 0.717) is 0 Å². The monoisotopic (exact) mass is 505 g/mol. The second-order valence-corrected chi connectivity index (χ2v) is 9.36. The molecular weight excluding hydrogens is 493 g/mol. The topological polar surface area (TPSA) is 133 Å². The first-order valence-corrected chi connectivity index (χ1v) is 11.4. The van der Waals surface area contributed by atoms with Crippen molar-refractivity contribution in [1.29, 1.82) is 0 Å². The van der Waals surface area contributed by atoms with E-state index in [-0.39, 0.29) is 35.6 Å². The minimum atomic E-state index is -4.61. The molecule has 0 aliphatic carbocycles. The second kappa shape index (κ2) is 8.77. The van der Waals surface area contributed by atoms with Gasteiger partial charge < -0.3 is 5.32 Å². The molecule has 2 aromatic heterocycles. The Morgan fingerprint density at radius 2 is 1.70 bits per heavy atom. The molecule has 4 aromatic rings. The quantitative estimate of drug-likeness (QED) is 0.439. The Bertz CT molecular complexity index is 1600. The van der Waals surface area contributed by atoms with Crippen LogP contribution >= 0.6 is 23.2 Å². The van der Waals surface area contributed by atoms with Crippen LogP contribution in [0.1, 0.15) is 0 Å². The van der Waals surface area contributed by atoms with Crippen molar-refractivity contribution < 1.29 is 13.2 Å². The number of fused-ring (bicyclic) bond motifs is 1. The molecule has 1 amide bonds. The van der Waals surface area contributed by atoms with Gasteiger partial charge in [0.2, 0.25) is 5.91 Å². The number of anilines is 1. The number of amides is 1. The third-order valence-electron chi connectivity index (χ3n) is 4.57. The molecule has 0 spiro atoms. The minimum absolute atomic E-state index is 0.00195. The number of hydrogen-bond donors (Lipinski definition) is 1. The van der Waals surface area contributed by atoms with Crippen molar-refractivity contribution in [3.63, 3.8) is 0 Å². The molecule has 0 aliphatic heterocycles. The molecule has 1 N–H and O–H groups in total. The van der Waals surface area contributed by atoms with E-state index in [9.17, 15) is 22.8 Å². The predicted molar refractivity (Wildman–Crippen MR) is 122 cm³/mol. The smallest absolute Gasteiger partial charge is 0.309 e. The molecule has 0 radical (unpaired) electrons. The largest absolute Gasteiger partial charge is 0.346 e. The molecule has 33 heavy (non-hydrogen) atoms. The average Bonchev–Trinajstić information content (AvgIpc) is 2.77. The Hall–Kier alpha value is -3.54. The zero-order valence-electron chi connectivity index (χ0n) is 16.5. The van der Waals surface area contributed by atoms with Crippen LogP contribution in [0.2, 0.25) is 10.0 Å². The van der Waals surface area contributed by atoms with Gasteiger partial charge in [-0.25, -0.2) is 23.2 Å². The molecule has 0 atom stereocenters. The number of nitrogens with zero attached hydrogens (tertiary/aromatic N) is 4. The SMILES string of the molecule is O=C(Cn1c(=O)n(S(=O)(=O)c2ccc(Cl)cc2)c(=O)c2ccc(Cl)cc21)Nc1ccncn1. The van der Waals surface area contributed by atoms with Crippen molar-refractivity contribution in [1.82, 2.24) is 18.5 Å². The van der Waals surface area contributed by atoms with Crippen LogP contribution in [0.4, 0.5) is 5.82 Å². The van der Waals surface area contributed by atoms with E-state index < -0.39 is 33.7 Å². The highest BCUT2D eigenvalue weighted by molar-refractivity contribution is 7.90. The van der Waals surface area contributed by atoms with Gasteiger partial charge in [0.05, 0.1) is 15.8 Å². The Kier molecular flexibility index (Phi) is 6.02. The standard InChI is InChI=1S/C20H13Cl2N5O5S/c21-12-1-4-14(5-2-12)33(31,32)27-19(29)15-6-3-13(22)9-16(15)26(20(27)30)10-18(28)25-17-7-8-23-11-24-17/h1-9,11H,10H2,(H,23,24,25,28). The lowest BCUT2D eigenvalue weighted by molar-refractivity contribution is -0.116. The van der Waals surface area contributed by atoms with Crippen molar-refractivity contribution in [2.75, 3.05) is 5.32 Å². The Morgan fingerprint density at radius 1 is 1.00 bits per heavy atom. The fourth-order valence-corrected chi connectivity index (χ4v) is 4.69. The minimum Gasteiger partial charge on any atom is -0.309 e. The lowest BCUT2D eigenvalue weighted by Gasteiger charge is -2.14. The van der Waals surface area contributed by atoms with Crippen LogP contribution in [0.3, 0.4) is 0 Å². The van der Waals surface area contributed by atoms with Gasteiger partial charge in [0.1, 0.15) is 18.7 Å². The number of aromatic nitrogens is 4. The van der Waals surface area contributed by atoms with Crippen molar-refractivity contribution >= 4 is 55.9 Å². The number of halogens is 2.